The Morgan fingerprint density at radius 1 is 0.857 bits per heavy atom. The lowest BCUT2D eigenvalue weighted by molar-refractivity contribution is -0.384. The first-order chi connectivity index (χ1) is 13.6. The highest BCUT2D eigenvalue weighted by molar-refractivity contribution is 5.84. The van der Waals surface area contributed by atoms with Gasteiger partial charge in [0.15, 0.2) is 0 Å². The Hall–Kier alpha value is -4.06. The molecule has 0 N–H and O–H groups in total. The lowest BCUT2D eigenvalue weighted by Gasteiger charge is -2.04. The van der Waals surface area contributed by atoms with Gasteiger partial charge >= 0.3 is 0 Å². The third-order valence-corrected chi connectivity index (χ3v) is 4.36. The van der Waals surface area contributed by atoms with E-state index in [9.17, 15) is 10.1 Å². The lowest BCUT2D eigenvalue weighted by Crippen LogP contribution is -1.99. The number of nitro groups is 1. The standard InChI is InChI=1S/C22H16N4O2/c1-16(17-8-4-2-5-9-17)21-22(18-10-6-3-7-11-18)24-25(23-21)19-12-14-20(15-13-19)26(27)28/h2-15H,1H2. The first-order valence-electron chi connectivity index (χ1n) is 8.66. The first-order valence-corrected chi connectivity index (χ1v) is 8.66. The minimum absolute atomic E-state index is 0.0214. The van der Waals surface area contributed by atoms with E-state index in [1.54, 1.807) is 12.1 Å². The summed E-state index contributed by atoms with van der Waals surface area (Å²) in [6, 6.07) is 25.7. The van der Waals surface area contributed by atoms with Crippen LogP contribution in [0.5, 0.6) is 0 Å². The van der Waals surface area contributed by atoms with Crippen molar-refractivity contribution >= 4 is 11.3 Å². The minimum atomic E-state index is -0.432. The Morgan fingerprint density at radius 3 is 2.07 bits per heavy atom. The first kappa shape index (κ1) is 17.4. The van der Waals surface area contributed by atoms with Crippen LogP contribution in [0.3, 0.4) is 0 Å². The molecule has 0 bridgehead atoms. The van der Waals surface area contributed by atoms with Gasteiger partial charge in [-0.05, 0) is 17.7 Å². The third-order valence-electron chi connectivity index (χ3n) is 4.36. The molecule has 3 aromatic carbocycles. The third kappa shape index (κ3) is 3.31. The number of hydrogen-bond acceptors (Lipinski definition) is 4. The van der Waals surface area contributed by atoms with E-state index >= 15 is 0 Å². The van der Waals surface area contributed by atoms with Crippen molar-refractivity contribution in [1.29, 1.82) is 0 Å². The van der Waals surface area contributed by atoms with Gasteiger partial charge in [-0.25, -0.2) is 0 Å². The van der Waals surface area contributed by atoms with E-state index in [0.29, 0.717) is 17.1 Å². The van der Waals surface area contributed by atoms with E-state index in [2.05, 4.69) is 16.8 Å². The van der Waals surface area contributed by atoms with Gasteiger partial charge in [0.2, 0.25) is 0 Å². The van der Waals surface area contributed by atoms with Crippen LogP contribution in [0.2, 0.25) is 0 Å². The lowest BCUT2D eigenvalue weighted by atomic mass is 10.0. The highest BCUT2D eigenvalue weighted by Gasteiger charge is 2.18. The summed E-state index contributed by atoms with van der Waals surface area (Å²) < 4.78 is 0. The Morgan fingerprint density at radius 2 is 1.46 bits per heavy atom. The maximum atomic E-state index is 10.9. The number of benzene rings is 3. The minimum Gasteiger partial charge on any atom is -0.258 e. The van der Waals surface area contributed by atoms with Gasteiger partial charge in [0.05, 0.1) is 10.6 Å². The van der Waals surface area contributed by atoms with Gasteiger partial charge < -0.3 is 0 Å². The van der Waals surface area contributed by atoms with Crippen molar-refractivity contribution in [2.75, 3.05) is 0 Å². The van der Waals surface area contributed by atoms with Gasteiger partial charge in [0, 0.05) is 23.3 Å². The van der Waals surface area contributed by atoms with Gasteiger partial charge in [0.25, 0.3) is 5.69 Å². The van der Waals surface area contributed by atoms with Crippen molar-refractivity contribution in [2.24, 2.45) is 0 Å². The molecule has 0 saturated heterocycles. The number of nitrogens with zero attached hydrogens (tertiary/aromatic N) is 4. The van der Waals surface area contributed by atoms with Crippen LogP contribution in [-0.4, -0.2) is 19.9 Å². The Bertz CT molecular complexity index is 1130. The van der Waals surface area contributed by atoms with Gasteiger partial charge in [-0.1, -0.05) is 67.2 Å². The highest BCUT2D eigenvalue weighted by atomic mass is 16.6. The SMILES string of the molecule is C=C(c1ccccc1)c1nn(-c2ccc([N+](=O)[O-])cc2)nc1-c1ccccc1. The van der Waals surface area contributed by atoms with E-state index in [4.69, 9.17) is 0 Å². The summed E-state index contributed by atoms with van der Waals surface area (Å²) in [7, 11) is 0. The van der Waals surface area contributed by atoms with E-state index < -0.39 is 4.92 Å². The summed E-state index contributed by atoms with van der Waals surface area (Å²) in [6.45, 7) is 4.22. The van der Waals surface area contributed by atoms with Gasteiger partial charge in [-0.3, -0.25) is 10.1 Å². The summed E-state index contributed by atoms with van der Waals surface area (Å²) in [5.41, 5.74) is 4.65. The summed E-state index contributed by atoms with van der Waals surface area (Å²) in [5.74, 6) is 0. The number of aromatic nitrogens is 3. The maximum absolute atomic E-state index is 10.9. The molecule has 0 unspecified atom stereocenters. The molecule has 6 heteroatoms. The molecule has 1 aromatic heterocycles. The van der Waals surface area contributed by atoms with Crippen LogP contribution in [0.1, 0.15) is 11.3 Å². The fourth-order valence-electron chi connectivity index (χ4n) is 2.90. The van der Waals surface area contributed by atoms with Crippen LogP contribution in [0.4, 0.5) is 5.69 Å². The Balaban J connectivity index is 1.82. The Labute approximate surface area is 161 Å². The van der Waals surface area contributed by atoms with Crippen molar-refractivity contribution in [3.8, 4) is 16.9 Å². The molecule has 0 aliphatic rings. The van der Waals surface area contributed by atoms with E-state index in [1.165, 1.54) is 16.9 Å². The van der Waals surface area contributed by atoms with Crippen molar-refractivity contribution in [3.63, 3.8) is 0 Å². The monoisotopic (exact) mass is 368 g/mol. The maximum Gasteiger partial charge on any atom is 0.269 e. The van der Waals surface area contributed by atoms with Gasteiger partial charge in [0.1, 0.15) is 11.4 Å². The molecular formula is C22H16N4O2. The van der Waals surface area contributed by atoms with Crippen molar-refractivity contribution in [3.05, 3.63) is 113 Å². The highest BCUT2D eigenvalue weighted by Crippen LogP contribution is 2.29. The van der Waals surface area contributed by atoms with Crippen LogP contribution in [0, 0.1) is 10.1 Å². The summed E-state index contributed by atoms with van der Waals surface area (Å²) in [5, 5.41) is 20.2. The number of nitro benzene ring substituents is 1. The second-order valence-corrected chi connectivity index (χ2v) is 6.17. The smallest absolute Gasteiger partial charge is 0.258 e. The molecule has 0 amide bonds. The van der Waals surface area contributed by atoms with Crippen LogP contribution in [0.15, 0.2) is 91.5 Å². The predicted molar refractivity (Wildman–Crippen MR) is 108 cm³/mol. The topological polar surface area (TPSA) is 73.8 Å². The van der Waals surface area contributed by atoms with Crippen molar-refractivity contribution < 1.29 is 4.92 Å². The van der Waals surface area contributed by atoms with Gasteiger partial charge in [-0.2, -0.15) is 4.80 Å². The molecule has 4 rings (SSSR count). The van der Waals surface area contributed by atoms with E-state index in [1.807, 2.05) is 60.7 Å². The van der Waals surface area contributed by atoms with Crippen LogP contribution in [0.25, 0.3) is 22.5 Å². The second kappa shape index (κ2) is 7.28. The molecule has 0 atom stereocenters. The average molecular weight is 368 g/mol. The van der Waals surface area contributed by atoms with Crippen LogP contribution >= 0.6 is 0 Å². The zero-order valence-electron chi connectivity index (χ0n) is 14.9. The molecule has 0 fully saturated rings. The molecule has 0 aliphatic carbocycles. The number of rotatable bonds is 5. The fourth-order valence-corrected chi connectivity index (χ4v) is 2.90. The predicted octanol–water partition coefficient (Wildman–Crippen LogP) is 4.90. The van der Waals surface area contributed by atoms with Crippen LogP contribution < -0.4 is 0 Å². The van der Waals surface area contributed by atoms with Crippen molar-refractivity contribution in [1.82, 2.24) is 15.0 Å². The molecule has 136 valence electrons. The molecular weight excluding hydrogens is 352 g/mol. The van der Waals surface area contributed by atoms with E-state index in [0.717, 1.165) is 16.7 Å². The number of hydrogen-bond donors (Lipinski definition) is 0. The molecule has 6 nitrogen and oxygen atoms in total. The molecule has 28 heavy (non-hydrogen) atoms. The van der Waals surface area contributed by atoms with Crippen molar-refractivity contribution in [2.45, 2.75) is 0 Å². The summed E-state index contributed by atoms with van der Waals surface area (Å²) >= 11 is 0. The zero-order valence-corrected chi connectivity index (χ0v) is 14.9. The second-order valence-electron chi connectivity index (χ2n) is 6.17. The van der Waals surface area contributed by atoms with Gasteiger partial charge in [-0.15, -0.1) is 10.2 Å². The Kier molecular flexibility index (Phi) is 4.51. The quantitative estimate of drug-likeness (QED) is 0.371. The van der Waals surface area contributed by atoms with E-state index in [-0.39, 0.29) is 5.69 Å². The van der Waals surface area contributed by atoms with Crippen LogP contribution in [-0.2, 0) is 0 Å². The molecule has 1 heterocycles. The molecule has 0 radical (unpaired) electrons. The fraction of sp³-hybridized carbons (Fsp3) is 0. The number of non-ortho nitro benzene ring substituents is 1. The normalized spacial score (nSPS) is 10.6. The molecule has 0 aliphatic heterocycles. The zero-order chi connectivity index (χ0) is 19.5. The average Bonchev–Trinajstić information content (AvgIpc) is 3.20. The molecule has 0 spiro atoms. The molecule has 0 saturated carbocycles. The largest absolute Gasteiger partial charge is 0.269 e. The molecule has 4 aromatic rings. The summed E-state index contributed by atoms with van der Waals surface area (Å²) in [4.78, 5) is 11.9. The summed E-state index contributed by atoms with van der Waals surface area (Å²) in [6.07, 6.45) is 0.